The van der Waals surface area contributed by atoms with Crippen molar-refractivity contribution in [3.63, 3.8) is 0 Å². The summed E-state index contributed by atoms with van der Waals surface area (Å²) in [5, 5.41) is 14.6. The van der Waals surface area contributed by atoms with Gasteiger partial charge >= 0.3 is 6.18 Å². The minimum absolute atomic E-state index is 0.190. The minimum Gasteiger partial charge on any atom is -0.489 e. The first-order valence-electron chi connectivity index (χ1n) is 10.5. The highest BCUT2D eigenvalue weighted by Gasteiger charge is 2.30. The monoisotopic (exact) mass is 440 g/mol. The molecule has 1 heterocycles. The molecule has 0 aliphatic heterocycles. The van der Waals surface area contributed by atoms with Crippen molar-refractivity contribution in [1.82, 2.24) is 25.4 Å². The van der Waals surface area contributed by atoms with Gasteiger partial charge in [0.15, 0.2) is 11.8 Å². The average molecular weight is 441 g/mol. The first-order chi connectivity index (χ1) is 14.7. The fraction of sp³-hybridized carbons (Fsp3) is 0.571. The molecule has 0 radical (unpaired) electrons. The number of guanidine groups is 1. The summed E-state index contributed by atoms with van der Waals surface area (Å²) in [7, 11) is 1.88. The molecule has 0 fully saturated rings. The molecule has 0 spiro atoms. The molecule has 0 saturated carbocycles. The highest BCUT2D eigenvalue weighted by molar-refractivity contribution is 5.79. The Kier molecular flexibility index (Phi) is 9.14. The molecule has 1 unspecified atom stereocenters. The Morgan fingerprint density at radius 2 is 2.00 bits per heavy atom. The van der Waals surface area contributed by atoms with Crippen LogP contribution in [0.2, 0.25) is 0 Å². The summed E-state index contributed by atoms with van der Waals surface area (Å²) in [5.41, 5.74) is -0.727. The smallest absolute Gasteiger partial charge is 0.416 e. The second-order valence-corrected chi connectivity index (χ2v) is 7.22. The van der Waals surface area contributed by atoms with Gasteiger partial charge in [0.2, 0.25) is 0 Å². The van der Waals surface area contributed by atoms with Crippen LogP contribution >= 0.6 is 0 Å². The molecule has 0 bridgehead atoms. The molecule has 0 amide bonds. The number of halogens is 3. The van der Waals surface area contributed by atoms with Crippen LogP contribution < -0.4 is 15.4 Å². The van der Waals surface area contributed by atoms with Gasteiger partial charge in [-0.2, -0.15) is 13.2 Å². The van der Waals surface area contributed by atoms with Crippen molar-refractivity contribution >= 4 is 5.96 Å². The van der Waals surface area contributed by atoms with Crippen molar-refractivity contribution in [2.75, 3.05) is 13.1 Å². The molecular formula is C21H31F3N6O. The van der Waals surface area contributed by atoms with Crippen LogP contribution in [0.1, 0.15) is 50.3 Å². The van der Waals surface area contributed by atoms with Gasteiger partial charge < -0.3 is 19.9 Å². The van der Waals surface area contributed by atoms with E-state index in [9.17, 15) is 13.2 Å². The number of hydrogen-bond acceptors (Lipinski definition) is 4. The number of aliphatic imine (C=N–C) groups is 1. The minimum atomic E-state index is -4.40. The molecular weight excluding hydrogens is 409 g/mol. The Morgan fingerprint density at radius 1 is 1.23 bits per heavy atom. The number of nitrogens with one attached hydrogen (secondary N) is 2. The summed E-state index contributed by atoms with van der Waals surface area (Å²) >= 11 is 0. The number of aromatic nitrogens is 3. The lowest BCUT2D eigenvalue weighted by Gasteiger charge is -2.21. The first-order valence-corrected chi connectivity index (χ1v) is 10.5. The third-order valence-corrected chi connectivity index (χ3v) is 4.80. The van der Waals surface area contributed by atoms with E-state index in [0.717, 1.165) is 43.2 Å². The van der Waals surface area contributed by atoms with Gasteiger partial charge in [-0.25, -0.2) is 4.99 Å². The van der Waals surface area contributed by atoms with Crippen LogP contribution in [-0.2, 0) is 19.8 Å². The number of hydrogen-bond donors (Lipinski definition) is 2. The predicted molar refractivity (Wildman–Crippen MR) is 114 cm³/mol. The number of nitrogens with zero attached hydrogens (tertiary/aromatic N) is 4. The van der Waals surface area contributed by atoms with Crippen molar-refractivity contribution < 1.29 is 17.9 Å². The number of alkyl halides is 3. The maximum atomic E-state index is 12.9. The maximum absolute atomic E-state index is 12.9. The van der Waals surface area contributed by atoms with Gasteiger partial charge in [-0.3, -0.25) is 0 Å². The quantitative estimate of drug-likeness (QED) is 0.334. The number of ether oxygens (including phenoxy) is 1. The molecule has 2 rings (SSSR count). The first kappa shape index (κ1) is 24.5. The lowest BCUT2D eigenvalue weighted by Crippen LogP contribution is -2.43. The van der Waals surface area contributed by atoms with Gasteiger partial charge in [-0.1, -0.05) is 26.3 Å². The molecule has 1 aromatic carbocycles. The third-order valence-electron chi connectivity index (χ3n) is 4.80. The molecule has 2 aromatic rings. The summed E-state index contributed by atoms with van der Waals surface area (Å²) in [6.45, 7) is 7.39. The fourth-order valence-corrected chi connectivity index (χ4v) is 2.71. The molecule has 1 atom stereocenters. The van der Waals surface area contributed by atoms with E-state index in [1.165, 1.54) is 12.1 Å². The molecule has 0 saturated heterocycles. The number of benzene rings is 1. The van der Waals surface area contributed by atoms with Crippen molar-refractivity contribution in [2.45, 2.75) is 58.9 Å². The molecule has 10 heteroatoms. The molecule has 0 aliphatic carbocycles. The molecule has 7 nitrogen and oxygen atoms in total. The van der Waals surface area contributed by atoms with Crippen molar-refractivity contribution in [1.29, 1.82) is 0 Å². The van der Waals surface area contributed by atoms with E-state index in [0.29, 0.717) is 25.5 Å². The van der Waals surface area contributed by atoms with Crippen LogP contribution in [-0.4, -0.2) is 39.9 Å². The van der Waals surface area contributed by atoms with Crippen molar-refractivity contribution in [3.8, 4) is 5.75 Å². The van der Waals surface area contributed by atoms with E-state index in [1.807, 2.05) is 25.5 Å². The summed E-state index contributed by atoms with van der Waals surface area (Å²) in [6, 6.07) is 4.93. The summed E-state index contributed by atoms with van der Waals surface area (Å²) in [5.74, 6) is 2.33. The second kappa shape index (κ2) is 11.6. The standard InChI is InChI=1S/C21H31F3N6O/c1-5-7-11-25-20(27-14-19-29-28-15(3)30(19)4)26-13-17(6-2)31-18-10-8-9-16(12-18)21(22,23)24/h8-10,12,17H,5-7,11,13-14H2,1-4H3,(H2,25,26,27). The zero-order valence-corrected chi connectivity index (χ0v) is 18.5. The Balaban J connectivity index is 2.02. The lowest BCUT2D eigenvalue weighted by atomic mass is 10.2. The summed E-state index contributed by atoms with van der Waals surface area (Å²) in [6.07, 6.45) is -2.08. The fourth-order valence-electron chi connectivity index (χ4n) is 2.71. The second-order valence-electron chi connectivity index (χ2n) is 7.22. The van der Waals surface area contributed by atoms with Crippen LogP contribution in [0.5, 0.6) is 5.75 Å². The van der Waals surface area contributed by atoms with Crippen LogP contribution in [0.4, 0.5) is 13.2 Å². The van der Waals surface area contributed by atoms with Gasteiger partial charge in [-0.15, -0.1) is 10.2 Å². The normalized spacial score (nSPS) is 13.2. The molecule has 172 valence electrons. The van der Waals surface area contributed by atoms with Gasteiger partial charge in [-0.05, 0) is 38.0 Å². The SMILES string of the molecule is CCCCNC(=NCc1nnc(C)n1C)NCC(CC)Oc1cccc(C(F)(F)F)c1. The van der Waals surface area contributed by atoms with Gasteiger partial charge in [0, 0.05) is 13.6 Å². The van der Waals surface area contributed by atoms with E-state index in [-0.39, 0.29) is 11.9 Å². The van der Waals surface area contributed by atoms with E-state index >= 15 is 0 Å². The number of aryl methyl sites for hydroxylation is 1. The van der Waals surface area contributed by atoms with Crippen molar-refractivity contribution in [3.05, 3.63) is 41.5 Å². The largest absolute Gasteiger partial charge is 0.489 e. The Hall–Kier alpha value is -2.78. The summed E-state index contributed by atoms with van der Waals surface area (Å²) < 4.78 is 46.5. The molecule has 0 aliphatic rings. The topological polar surface area (TPSA) is 76.4 Å². The summed E-state index contributed by atoms with van der Waals surface area (Å²) in [4.78, 5) is 4.57. The number of rotatable bonds is 10. The Morgan fingerprint density at radius 3 is 2.61 bits per heavy atom. The van der Waals surface area contributed by atoms with Gasteiger partial charge in [0.25, 0.3) is 0 Å². The lowest BCUT2D eigenvalue weighted by molar-refractivity contribution is -0.137. The molecule has 31 heavy (non-hydrogen) atoms. The van der Waals surface area contributed by atoms with Crippen LogP contribution in [0.25, 0.3) is 0 Å². The van der Waals surface area contributed by atoms with Crippen LogP contribution in [0.3, 0.4) is 0 Å². The maximum Gasteiger partial charge on any atom is 0.416 e. The highest BCUT2D eigenvalue weighted by atomic mass is 19.4. The third kappa shape index (κ3) is 7.76. The van der Waals surface area contributed by atoms with E-state index in [1.54, 1.807) is 0 Å². The van der Waals surface area contributed by atoms with Crippen molar-refractivity contribution in [2.24, 2.45) is 12.0 Å². The highest BCUT2D eigenvalue weighted by Crippen LogP contribution is 2.31. The number of unbranched alkanes of at least 4 members (excludes halogenated alkanes) is 1. The molecule has 1 aromatic heterocycles. The molecule has 2 N–H and O–H groups in total. The van der Waals surface area contributed by atoms with E-state index < -0.39 is 11.7 Å². The van der Waals surface area contributed by atoms with Crippen LogP contribution in [0.15, 0.2) is 29.3 Å². The van der Waals surface area contributed by atoms with Gasteiger partial charge in [0.05, 0.1) is 12.1 Å². The zero-order valence-electron chi connectivity index (χ0n) is 18.5. The van der Waals surface area contributed by atoms with Crippen LogP contribution in [0, 0.1) is 6.92 Å². The van der Waals surface area contributed by atoms with Gasteiger partial charge in [0.1, 0.15) is 24.2 Å². The average Bonchev–Trinajstić information content (AvgIpc) is 3.06. The van der Waals surface area contributed by atoms with E-state index in [2.05, 4.69) is 32.7 Å². The van der Waals surface area contributed by atoms with E-state index in [4.69, 9.17) is 4.74 Å². The Labute approximate surface area is 181 Å². The zero-order chi connectivity index (χ0) is 22.9. The Bertz CT molecular complexity index is 850. The predicted octanol–water partition coefficient (Wildman–Crippen LogP) is 3.84.